The molecule has 154 valence electrons. The third kappa shape index (κ3) is 5.82. The molecule has 1 aromatic heterocycles. The first-order valence-electron chi connectivity index (χ1n) is 10.9. The Labute approximate surface area is 186 Å². The molecule has 0 spiro atoms. The van der Waals surface area contributed by atoms with E-state index in [0.717, 1.165) is 37.1 Å². The van der Waals surface area contributed by atoms with Crippen molar-refractivity contribution in [2.45, 2.75) is 32.6 Å². The number of aryl methyl sites for hydroxylation is 1. The summed E-state index contributed by atoms with van der Waals surface area (Å²) in [5.74, 6) is 0.832. The molecule has 31 heavy (non-hydrogen) atoms. The van der Waals surface area contributed by atoms with Crippen LogP contribution in [0.1, 0.15) is 51.7 Å². The largest absolute Gasteiger partial charge is 0.260 e. The third-order valence-electron chi connectivity index (χ3n) is 5.62. The van der Waals surface area contributed by atoms with E-state index in [1.165, 1.54) is 33.4 Å². The fourth-order valence-corrected chi connectivity index (χ4v) is 3.66. The van der Waals surface area contributed by atoms with Crippen LogP contribution in [-0.2, 0) is 25.7 Å². The second kappa shape index (κ2) is 10.1. The van der Waals surface area contributed by atoms with Crippen LogP contribution < -0.4 is 0 Å². The normalized spacial score (nSPS) is 10.8. The molecule has 2 heteroatoms. The van der Waals surface area contributed by atoms with Crippen molar-refractivity contribution in [3.63, 3.8) is 0 Å². The molecule has 0 radical (unpaired) electrons. The molecule has 0 aliphatic carbocycles. The summed E-state index contributed by atoms with van der Waals surface area (Å²) < 4.78 is 0. The van der Waals surface area contributed by atoms with Gasteiger partial charge in [0, 0.05) is 6.42 Å². The van der Waals surface area contributed by atoms with Crippen molar-refractivity contribution in [2.75, 3.05) is 0 Å². The first-order chi connectivity index (χ1) is 15.2. The Morgan fingerprint density at radius 3 is 1.29 bits per heavy atom. The molecule has 0 aliphatic rings. The highest BCUT2D eigenvalue weighted by Gasteiger charge is 2.04. The molecule has 0 N–H and O–H groups in total. The summed E-state index contributed by atoms with van der Waals surface area (Å²) in [5, 5.41) is 0. The van der Waals surface area contributed by atoms with Gasteiger partial charge in [-0.05, 0) is 52.6 Å². The molecule has 0 atom stereocenters. The fourth-order valence-electron chi connectivity index (χ4n) is 3.66. The average molecular weight is 405 g/mol. The Hall–Kier alpha value is -3.39. The molecule has 1 heterocycles. The minimum Gasteiger partial charge on any atom is -0.260 e. The highest BCUT2D eigenvalue weighted by atomic mass is 14.9. The predicted octanol–water partition coefficient (Wildman–Crippen LogP) is 6.20. The second-order valence-corrected chi connectivity index (χ2v) is 7.97. The van der Waals surface area contributed by atoms with E-state index < -0.39 is 0 Å². The Bertz CT molecular complexity index is 987. The van der Waals surface area contributed by atoms with Crippen molar-refractivity contribution >= 4 is 0 Å². The van der Waals surface area contributed by atoms with Gasteiger partial charge in [-0.15, -0.1) is 6.42 Å². The highest BCUT2D eigenvalue weighted by Crippen LogP contribution is 2.16. The second-order valence-electron chi connectivity index (χ2n) is 7.97. The van der Waals surface area contributed by atoms with Gasteiger partial charge in [-0.1, -0.05) is 79.7 Å². The maximum absolute atomic E-state index is 4.40. The van der Waals surface area contributed by atoms with Gasteiger partial charge in [-0.2, -0.15) is 9.97 Å². The zero-order valence-electron chi connectivity index (χ0n) is 18.1. The number of nitrogens with zero attached hydrogens (tertiary/aromatic N) is 2. The van der Waals surface area contributed by atoms with E-state index in [1.54, 1.807) is 6.42 Å². The number of aromatic nitrogens is 2. The van der Waals surface area contributed by atoms with Gasteiger partial charge in [0.2, 0.25) is 0 Å². The zero-order chi connectivity index (χ0) is 21.5. The molecular weight excluding hydrogens is 376 g/mol. The van der Waals surface area contributed by atoms with Crippen molar-refractivity contribution in [3.8, 4) is 0 Å². The van der Waals surface area contributed by atoms with Gasteiger partial charge in [-0.3, -0.25) is 6.92 Å². The van der Waals surface area contributed by atoms with Crippen LogP contribution in [0.5, 0.6) is 0 Å². The highest BCUT2D eigenvalue weighted by molar-refractivity contribution is 5.34. The van der Waals surface area contributed by atoms with Crippen LogP contribution in [0.25, 0.3) is 0 Å². The molecule has 0 amide bonds. The standard InChI is InChI=1S/C29H28N2/c1-3-22-5-7-24(8-6-22)17-25-9-11-26(12-10-25)18-27-13-15-28(16-14-27)19-29-30-20-23(4-2)21-31-29/h4-16,20-21H,2-3,17-19H2,1H3. The third-order valence-corrected chi connectivity index (χ3v) is 5.62. The molecule has 2 nitrogen and oxygen atoms in total. The first kappa shape index (κ1) is 20.9. The summed E-state index contributed by atoms with van der Waals surface area (Å²) in [6, 6.07) is 26.7. The zero-order valence-corrected chi connectivity index (χ0v) is 18.1. The summed E-state index contributed by atoms with van der Waals surface area (Å²) in [6.07, 6.45) is 9.14. The van der Waals surface area contributed by atoms with Crippen molar-refractivity contribution in [3.05, 3.63) is 143 Å². The van der Waals surface area contributed by atoms with Crippen LogP contribution in [0, 0.1) is 13.3 Å². The number of rotatable bonds is 8. The molecule has 0 saturated carbocycles. The van der Waals surface area contributed by atoms with Gasteiger partial charge in [-0.25, -0.2) is 0 Å². The minimum atomic E-state index is 0.742. The van der Waals surface area contributed by atoms with Gasteiger partial charge < -0.3 is 0 Å². The Balaban J connectivity index is 1.34. The lowest BCUT2D eigenvalue weighted by molar-refractivity contribution is 0.958. The lowest BCUT2D eigenvalue weighted by atomic mass is 9.99. The van der Waals surface area contributed by atoms with Crippen LogP contribution in [0.3, 0.4) is 0 Å². The topological polar surface area (TPSA) is 25.8 Å². The Morgan fingerprint density at radius 2 is 0.935 bits per heavy atom. The molecule has 4 rings (SSSR count). The summed E-state index contributed by atoms with van der Waals surface area (Å²) in [5.41, 5.74) is 8.92. The average Bonchev–Trinajstić information content (AvgIpc) is 2.82. The maximum Gasteiger partial charge on any atom is 0.164 e. The summed E-state index contributed by atoms with van der Waals surface area (Å²) in [7, 11) is 0. The first-order valence-corrected chi connectivity index (χ1v) is 10.9. The SMILES string of the molecule is [CH2-][CH+]c1cnc(Cc2ccc(Cc3ccc(Cc4ccc(CC)cc4)cc3)cc2)nc1. The molecule has 0 aliphatic heterocycles. The van der Waals surface area contributed by atoms with E-state index in [0.29, 0.717) is 0 Å². The van der Waals surface area contributed by atoms with Crippen LogP contribution in [-0.4, -0.2) is 9.97 Å². The lowest BCUT2D eigenvalue weighted by Gasteiger charge is -2.07. The monoisotopic (exact) mass is 404 g/mol. The quantitative estimate of drug-likeness (QED) is 0.327. The van der Waals surface area contributed by atoms with Gasteiger partial charge >= 0.3 is 0 Å². The van der Waals surface area contributed by atoms with Crippen molar-refractivity contribution in [2.24, 2.45) is 0 Å². The van der Waals surface area contributed by atoms with Gasteiger partial charge in [0.1, 0.15) is 18.0 Å². The van der Waals surface area contributed by atoms with Crippen LogP contribution in [0.4, 0.5) is 0 Å². The predicted molar refractivity (Wildman–Crippen MR) is 128 cm³/mol. The van der Waals surface area contributed by atoms with Crippen molar-refractivity contribution < 1.29 is 0 Å². The van der Waals surface area contributed by atoms with E-state index in [-0.39, 0.29) is 0 Å². The van der Waals surface area contributed by atoms with Crippen LogP contribution >= 0.6 is 0 Å². The molecule has 0 bridgehead atoms. The maximum atomic E-state index is 4.40. The van der Waals surface area contributed by atoms with E-state index >= 15 is 0 Å². The molecule has 4 aromatic rings. The van der Waals surface area contributed by atoms with Gasteiger partial charge in [0.25, 0.3) is 0 Å². The Morgan fingerprint density at radius 1 is 0.581 bits per heavy atom. The van der Waals surface area contributed by atoms with E-state index in [1.807, 2.05) is 12.4 Å². The van der Waals surface area contributed by atoms with Crippen LogP contribution in [0.2, 0.25) is 0 Å². The van der Waals surface area contributed by atoms with E-state index in [4.69, 9.17) is 0 Å². The summed E-state index contributed by atoms with van der Waals surface area (Å²) in [4.78, 5) is 8.80. The smallest absolute Gasteiger partial charge is 0.164 e. The lowest BCUT2D eigenvalue weighted by Crippen LogP contribution is -1.97. The van der Waals surface area contributed by atoms with Crippen LogP contribution in [0.15, 0.2) is 85.2 Å². The number of hydrogen-bond donors (Lipinski definition) is 0. The summed E-state index contributed by atoms with van der Waals surface area (Å²) in [6.45, 7) is 5.93. The van der Waals surface area contributed by atoms with Crippen molar-refractivity contribution in [1.82, 2.24) is 9.97 Å². The van der Waals surface area contributed by atoms with Gasteiger partial charge in [0.15, 0.2) is 5.82 Å². The molecule has 0 saturated heterocycles. The molecule has 3 aromatic carbocycles. The van der Waals surface area contributed by atoms with E-state index in [9.17, 15) is 0 Å². The Kier molecular flexibility index (Phi) is 6.78. The molecule has 0 fully saturated rings. The van der Waals surface area contributed by atoms with E-state index in [2.05, 4.69) is 96.6 Å². The van der Waals surface area contributed by atoms with Gasteiger partial charge in [0.05, 0.1) is 0 Å². The number of hydrogen-bond acceptors (Lipinski definition) is 2. The fraction of sp³-hybridized carbons (Fsp3) is 0.172. The molecular formula is C29H28N2. The van der Waals surface area contributed by atoms with Crippen molar-refractivity contribution in [1.29, 1.82) is 0 Å². The molecule has 0 unspecified atom stereocenters. The number of benzene rings is 3. The minimum absolute atomic E-state index is 0.742. The summed E-state index contributed by atoms with van der Waals surface area (Å²) >= 11 is 0.